The normalized spacial score (nSPS) is 25.0. The van der Waals surface area contributed by atoms with E-state index < -0.39 is 0 Å². The van der Waals surface area contributed by atoms with Gasteiger partial charge in [0.1, 0.15) is 36.1 Å². The smallest absolute Gasteiger partial charge is 0.123 e. The van der Waals surface area contributed by atoms with Crippen LogP contribution in [0.5, 0.6) is 0 Å². The highest BCUT2D eigenvalue weighted by Crippen LogP contribution is 2.40. The Kier molecular flexibility index (Phi) is 3.85. The van der Waals surface area contributed by atoms with Gasteiger partial charge in [-0.05, 0) is 35.4 Å². The largest absolute Gasteiger partial charge is 0.370 e. The molecule has 0 N–H and O–H groups in total. The molecule has 2 unspecified atom stereocenters. The fourth-order valence-corrected chi connectivity index (χ4v) is 2.69. The van der Waals surface area contributed by atoms with Crippen molar-refractivity contribution >= 4 is 0 Å². The van der Waals surface area contributed by atoms with Gasteiger partial charge in [0.05, 0.1) is 13.2 Å². The lowest BCUT2D eigenvalue weighted by Crippen LogP contribution is -2.19. The van der Waals surface area contributed by atoms with E-state index in [4.69, 9.17) is 14.2 Å². The van der Waals surface area contributed by atoms with E-state index in [0.29, 0.717) is 13.2 Å². The predicted molar refractivity (Wildman–Crippen MR) is 78.8 cm³/mol. The minimum Gasteiger partial charge on any atom is -0.370 e. The minimum atomic E-state index is -0.296. The number of epoxide rings is 2. The summed E-state index contributed by atoms with van der Waals surface area (Å²) >= 11 is 0. The van der Waals surface area contributed by atoms with Crippen LogP contribution in [-0.2, 0) is 14.2 Å². The third-order valence-corrected chi connectivity index (χ3v) is 4.08. The molecule has 0 amide bonds. The predicted octanol–water partition coefficient (Wildman–Crippen LogP) is 3.56. The van der Waals surface area contributed by atoms with Gasteiger partial charge in [0.15, 0.2) is 0 Å². The average molecular weight is 318 g/mol. The van der Waals surface area contributed by atoms with E-state index >= 15 is 0 Å². The van der Waals surface area contributed by atoms with Crippen LogP contribution in [0.3, 0.4) is 0 Å². The van der Waals surface area contributed by atoms with Crippen molar-refractivity contribution < 1.29 is 23.0 Å². The van der Waals surface area contributed by atoms with Gasteiger partial charge < -0.3 is 14.2 Å². The minimum absolute atomic E-state index is 0.0397. The summed E-state index contributed by atoms with van der Waals surface area (Å²) in [7, 11) is 0. The van der Waals surface area contributed by atoms with Crippen molar-refractivity contribution in [3.05, 3.63) is 71.3 Å². The molecule has 0 saturated carbocycles. The van der Waals surface area contributed by atoms with Gasteiger partial charge in [0.25, 0.3) is 0 Å². The van der Waals surface area contributed by atoms with Crippen molar-refractivity contribution in [1.82, 2.24) is 0 Å². The third kappa shape index (κ3) is 3.42. The van der Waals surface area contributed by atoms with Crippen molar-refractivity contribution in [3.63, 3.8) is 0 Å². The standard InChI is InChI=1S/C18H16F2O3/c19-13-5-1-11(2-6-13)17(15-9-21-15)23-18(16-10-22-16)12-3-7-14(20)8-4-12/h1-8,15-18H,9-10H2/t15?,16?,17-,18-/m0/s1. The molecule has 2 aromatic carbocycles. The molecule has 4 atom stereocenters. The maximum absolute atomic E-state index is 13.1. The lowest BCUT2D eigenvalue weighted by molar-refractivity contribution is -0.0419. The number of halogens is 2. The van der Waals surface area contributed by atoms with Crippen LogP contribution in [0.2, 0.25) is 0 Å². The quantitative estimate of drug-likeness (QED) is 0.764. The van der Waals surface area contributed by atoms with E-state index in [0.717, 1.165) is 11.1 Å². The van der Waals surface area contributed by atoms with Gasteiger partial charge in [-0.1, -0.05) is 24.3 Å². The second-order valence-electron chi connectivity index (χ2n) is 5.82. The van der Waals surface area contributed by atoms with Gasteiger partial charge in [0, 0.05) is 0 Å². The molecular formula is C18H16F2O3. The first-order chi connectivity index (χ1) is 11.2. The molecule has 0 aliphatic carbocycles. The summed E-state index contributed by atoms with van der Waals surface area (Å²) in [5.41, 5.74) is 1.73. The Morgan fingerprint density at radius 1 is 0.739 bits per heavy atom. The van der Waals surface area contributed by atoms with Gasteiger partial charge >= 0.3 is 0 Å². The topological polar surface area (TPSA) is 34.3 Å². The van der Waals surface area contributed by atoms with Crippen molar-refractivity contribution in [1.29, 1.82) is 0 Å². The third-order valence-electron chi connectivity index (χ3n) is 4.08. The molecular weight excluding hydrogens is 302 g/mol. The van der Waals surface area contributed by atoms with Gasteiger partial charge in [-0.2, -0.15) is 0 Å². The van der Waals surface area contributed by atoms with Crippen LogP contribution in [0.4, 0.5) is 8.78 Å². The highest BCUT2D eigenvalue weighted by atomic mass is 19.1. The van der Waals surface area contributed by atoms with E-state index in [2.05, 4.69) is 0 Å². The van der Waals surface area contributed by atoms with Crippen LogP contribution in [0.1, 0.15) is 23.3 Å². The van der Waals surface area contributed by atoms with Crippen LogP contribution in [0.25, 0.3) is 0 Å². The maximum atomic E-state index is 13.1. The van der Waals surface area contributed by atoms with Crippen LogP contribution in [0, 0.1) is 11.6 Å². The van der Waals surface area contributed by atoms with Crippen molar-refractivity contribution in [2.24, 2.45) is 0 Å². The Labute approximate surface area is 132 Å². The zero-order valence-corrected chi connectivity index (χ0v) is 12.3. The van der Waals surface area contributed by atoms with Gasteiger partial charge in [-0.25, -0.2) is 8.78 Å². The van der Waals surface area contributed by atoms with Crippen LogP contribution in [0.15, 0.2) is 48.5 Å². The Hall–Kier alpha value is -1.82. The molecule has 0 aromatic heterocycles. The Morgan fingerprint density at radius 2 is 1.09 bits per heavy atom. The number of ether oxygens (including phenoxy) is 3. The molecule has 0 bridgehead atoms. The summed E-state index contributed by atoms with van der Waals surface area (Å²) in [4.78, 5) is 0. The Bertz CT molecular complexity index is 604. The molecule has 2 aliphatic heterocycles. The first-order valence-electron chi connectivity index (χ1n) is 7.60. The van der Waals surface area contributed by atoms with Crippen molar-refractivity contribution in [2.45, 2.75) is 24.4 Å². The molecule has 3 nitrogen and oxygen atoms in total. The molecule has 4 rings (SSSR count). The highest BCUT2D eigenvalue weighted by Gasteiger charge is 2.42. The van der Waals surface area contributed by atoms with E-state index in [1.807, 2.05) is 0 Å². The number of rotatable bonds is 6. The van der Waals surface area contributed by atoms with E-state index in [9.17, 15) is 8.78 Å². The second kappa shape index (κ2) is 6.00. The number of hydrogen-bond acceptors (Lipinski definition) is 3. The SMILES string of the molecule is Fc1ccc([C@H](O[C@@H](c2ccc(F)cc2)C2CO2)C2CO2)cc1. The first kappa shape index (κ1) is 14.8. The molecule has 0 spiro atoms. The van der Waals surface area contributed by atoms with Crippen LogP contribution in [-0.4, -0.2) is 25.4 Å². The Balaban J connectivity index is 1.58. The summed E-state index contributed by atoms with van der Waals surface area (Å²) in [5.74, 6) is -0.574. The van der Waals surface area contributed by atoms with E-state index in [1.54, 1.807) is 24.3 Å². The maximum Gasteiger partial charge on any atom is 0.123 e. The fraction of sp³-hybridized carbons (Fsp3) is 0.333. The van der Waals surface area contributed by atoms with Gasteiger partial charge in [-0.15, -0.1) is 0 Å². The zero-order valence-electron chi connectivity index (χ0n) is 12.3. The van der Waals surface area contributed by atoms with Crippen molar-refractivity contribution in [2.75, 3.05) is 13.2 Å². The van der Waals surface area contributed by atoms with Gasteiger partial charge in [-0.3, -0.25) is 0 Å². The molecule has 2 aliphatic rings. The number of benzene rings is 2. The van der Waals surface area contributed by atoms with E-state index in [1.165, 1.54) is 24.3 Å². The van der Waals surface area contributed by atoms with Crippen LogP contribution < -0.4 is 0 Å². The number of hydrogen-bond donors (Lipinski definition) is 0. The summed E-state index contributed by atoms with van der Waals surface area (Å²) in [6.07, 6.45) is -0.672. The molecule has 2 saturated heterocycles. The van der Waals surface area contributed by atoms with Crippen molar-refractivity contribution in [3.8, 4) is 0 Å². The molecule has 0 radical (unpaired) electrons. The molecule has 120 valence electrons. The lowest BCUT2D eigenvalue weighted by atomic mass is 10.0. The van der Waals surface area contributed by atoms with Gasteiger partial charge in [0.2, 0.25) is 0 Å². The fourth-order valence-electron chi connectivity index (χ4n) is 2.69. The second-order valence-corrected chi connectivity index (χ2v) is 5.82. The molecule has 2 heterocycles. The summed E-state index contributed by atoms with van der Waals surface area (Å²) < 4.78 is 43.3. The molecule has 23 heavy (non-hydrogen) atoms. The summed E-state index contributed by atoms with van der Waals surface area (Å²) in [6, 6.07) is 12.5. The molecule has 5 heteroatoms. The van der Waals surface area contributed by atoms with Crippen LogP contribution >= 0.6 is 0 Å². The highest BCUT2D eigenvalue weighted by molar-refractivity contribution is 5.24. The average Bonchev–Trinajstić information content (AvgIpc) is 3.45. The first-order valence-corrected chi connectivity index (χ1v) is 7.60. The monoisotopic (exact) mass is 318 g/mol. The molecule has 2 fully saturated rings. The summed E-state index contributed by atoms with van der Waals surface area (Å²) in [5, 5.41) is 0. The summed E-state index contributed by atoms with van der Waals surface area (Å²) in [6.45, 7) is 1.23. The molecule has 2 aromatic rings. The Morgan fingerprint density at radius 3 is 1.39 bits per heavy atom. The zero-order chi connectivity index (χ0) is 15.8. The lowest BCUT2D eigenvalue weighted by Gasteiger charge is -2.23. The van der Waals surface area contributed by atoms with E-state index in [-0.39, 0.29) is 36.1 Å².